The number of hydrogen-bond donors (Lipinski definition) is 2. The maximum Gasteiger partial charge on any atom is 0.0827 e. The number of likely N-dealkylation sites (N-methyl/N-ethyl adjacent to an activating group) is 1. The molecule has 0 heterocycles. The van der Waals surface area contributed by atoms with Gasteiger partial charge in [0.05, 0.1) is 11.4 Å². The average molecular weight is 308 g/mol. The molecule has 0 saturated heterocycles. The Morgan fingerprint density at radius 1 is 1.09 bits per heavy atom. The summed E-state index contributed by atoms with van der Waals surface area (Å²) >= 11 is 0. The zero-order chi connectivity index (χ0) is 17.3. The van der Waals surface area contributed by atoms with Crippen LogP contribution in [0.1, 0.15) is 54.4 Å². The maximum absolute atomic E-state index is 4.35. The van der Waals surface area contributed by atoms with Gasteiger partial charge in [-0.2, -0.15) is 0 Å². The Labute approximate surface area is 138 Å². The van der Waals surface area contributed by atoms with E-state index in [1.54, 1.807) is 0 Å². The standard InChI is InChI=1S/C19H37N3/c1-10-21-18(8)19(17(7)20-9)22(12-11-14(2)3)16(6)13-15(4)5/h14-15,20-21H,6-7,10-13H2,1-5,8-9H3/b19-18+. The molecule has 0 atom stereocenters. The second-order valence-electron chi connectivity index (χ2n) is 6.73. The third kappa shape index (κ3) is 7.06. The van der Waals surface area contributed by atoms with Crippen molar-refractivity contribution in [1.82, 2.24) is 15.5 Å². The molecule has 2 N–H and O–H groups in total. The van der Waals surface area contributed by atoms with E-state index in [1.165, 1.54) is 5.70 Å². The van der Waals surface area contributed by atoms with Gasteiger partial charge in [0.15, 0.2) is 0 Å². The van der Waals surface area contributed by atoms with Crippen LogP contribution in [0.4, 0.5) is 0 Å². The van der Waals surface area contributed by atoms with Gasteiger partial charge in [0.25, 0.3) is 0 Å². The van der Waals surface area contributed by atoms with Gasteiger partial charge in [-0.15, -0.1) is 0 Å². The first-order valence-corrected chi connectivity index (χ1v) is 8.51. The molecule has 0 aliphatic rings. The van der Waals surface area contributed by atoms with Crippen molar-refractivity contribution in [3.8, 4) is 0 Å². The Morgan fingerprint density at radius 3 is 2.09 bits per heavy atom. The largest absolute Gasteiger partial charge is 0.387 e. The molecular formula is C19H37N3. The van der Waals surface area contributed by atoms with E-state index >= 15 is 0 Å². The van der Waals surface area contributed by atoms with Crippen LogP contribution in [0.3, 0.4) is 0 Å². The van der Waals surface area contributed by atoms with Gasteiger partial charge in [-0.05, 0) is 38.5 Å². The van der Waals surface area contributed by atoms with E-state index < -0.39 is 0 Å². The molecule has 0 aromatic heterocycles. The van der Waals surface area contributed by atoms with Gasteiger partial charge in [0.2, 0.25) is 0 Å². The second-order valence-corrected chi connectivity index (χ2v) is 6.73. The lowest BCUT2D eigenvalue weighted by atomic mass is 10.0. The molecule has 22 heavy (non-hydrogen) atoms. The Morgan fingerprint density at radius 2 is 1.68 bits per heavy atom. The van der Waals surface area contributed by atoms with Crippen molar-refractivity contribution in [2.75, 3.05) is 20.1 Å². The molecule has 0 aliphatic heterocycles. The lowest BCUT2D eigenvalue weighted by molar-refractivity contribution is 0.359. The van der Waals surface area contributed by atoms with E-state index in [0.29, 0.717) is 11.8 Å². The predicted molar refractivity (Wildman–Crippen MR) is 99.3 cm³/mol. The van der Waals surface area contributed by atoms with Crippen molar-refractivity contribution in [2.45, 2.75) is 54.4 Å². The highest BCUT2D eigenvalue weighted by Crippen LogP contribution is 2.25. The molecule has 0 fully saturated rings. The van der Waals surface area contributed by atoms with Crippen LogP contribution in [0.25, 0.3) is 0 Å². The van der Waals surface area contributed by atoms with E-state index in [9.17, 15) is 0 Å². The summed E-state index contributed by atoms with van der Waals surface area (Å²) in [5.41, 5.74) is 4.39. The molecule has 3 heteroatoms. The Balaban J connectivity index is 5.57. The first kappa shape index (κ1) is 20.6. The van der Waals surface area contributed by atoms with E-state index in [0.717, 1.165) is 43.0 Å². The lowest BCUT2D eigenvalue weighted by Crippen LogP contribution is -2.32. The Kier molecular flexibility index (Phi) is 9.71. The minimum Gasteiger partial charge on any atom is -0.387 e. The SMILES string of the molecule is C=C(NC)/C(=C(/C)NCC)N(CCC(C)C)C(=C)CC(C)C. The fourth-order valence-corrected chi connectivity index (χ4v) is 2.46. The van der Waals surface area contributed by atoms with E-state index in [2.05, 4.69) is 70.2 Å². The highest BCUT2D eigenvalue weighted by Gasteiger charge is 2.19. The number of nitrogens with one attached hydrogen (secondary N) is 2. The van der Waals surface area contributed by atoms with Crippen molar-refractivity contribution < 1.29 is 0 Å². The second kappa shape index (κ2) is 10.4. The molecular weight excluding hydrogens is 270 g/mol. The summed E-state index contributed by atoms with van der Waals surface area (Å²) in [5, 5.41) is 6.64. The lowest BCUT2D eigenvalue weighted by Gasteiger charge is -2.33. The van der Waals surface area contributed by atoms with Gasteiger partial charge in [-0.25, -0.2) is 0 Å². The fraction of sp³-hybridized carbons (Fsp3) is 0.684. The van der Waals surface area contributed by atoms with Gasteiger partial charge in [-0.3, -0.25) is 0 Å². The molecule has 0 radical (unpaired) electrons. The Bertz CT molecular complexity index is 391. The zero-order valence-corrected chi connectivity index (χ0v) is 15.8. The van der Waals surface area contributed by atoms with Crippen molar-refractivity contribution in [1.29, 1.82) is 0 Å². The van der Waals surface area contributed by atoms with Crippen LogP contribution in [0.2, 0.25) is 0 Å². The number of allylic oxidation sites excluding steroid dienone is 2. The van der Waals surface area contributed by atoms with Crippen molar-refractivity contribution in [3.05, 3.63) is 35.9 Å². The van der Waals surface area contributed by atoms with Gasteiger partial charge in [-0.1, -0.05) is 40.9 Å². The summed E-state index contributed by atoms with van der Waals surface area (Å²) in [6, 6.07) is 0. The van der Waals surface area contributed by atoms with Crippen LogP contribution in [0, 0.1) is 11.8 Å². The molecule has 0 aliphatic carbocycles. The number of nitrogens with zero attached hydrogens (tertiary/aromatic N) is 1. The van der Waals surface area contributed by atoms with Crippen LogP contribution < -0.4 is 10.6 Å². The van der Waals surface area contributed by atoms with Crippen LogP contribution in [0.15, 0.2) is 35.9 Å². The van der Waals surface area contributed by atoms with E-state index in [1.807, 2.05) is 7.05 Å². The monoisotopic (exact) mass is 307 g/mol. The van der Waals surface area contributed by atoms with Crippen LogP contribution in [-0.2, 0) is 0 Å². The quantitative estimate of drug-likeness (QED) is 0.552. The molecule has 0 aromatic carbocycles. The first-order chi connectivity index (χ1) is 10.2. The molecule has 0 bridgehead atoms. The van der Waals surface area contributed by atoms with Crippen LogP contribution in [-0.4, -0.2) is 25.0 Å². The Hall–Kier alpha value is -1.38. The maximum atomic E-state index is 4.35. The van der Waals surface area contributed by atoms with Crippen LogP contribution >= 0.6 is 0 Å². The van der Waals surface area contributed by atoms with Crippen molar-refractivity contribution in [2.24, 2.45) is 11.8 Å². The summed E-state index contributed by atoms with van der Waals surface area (Å²) in [7, 11) is 1.92. The van der Waals surface area contributed by atoms with E-state index in [4.69, 9.17) is 0 Å². The normalized spacial score (nSPS) is 12.2. The van der Waals surface area contributed by atoms with Gasteiger partial charge in [0, 0.05) is 31.5 Å². The van der Waals surface area contributed by atoms with Crippen molar-refractivity contribution >= 4 is 0 Å². The third-order valence-electron chi connectivity index (χ3n) is 3.61. The molecule has 0 saturated carbocycles. The average Bonchev–Trinajstić information content (AvgIpc) is 2.41. The summed E-state index contributed by atoms with van der Waals surface area (Å²) < 4.78 is 0. The number of hydrogen-bond acceptors (Lipinski definition) is 3. The summed E-state index contributed by atoms with van der Waals surface area (Å²) in [6.45, 7) is 23.6. The van der Waals surface area contributed by atoms with Crippen molar-refractivity contribution in [3.63, 3.8) is 0 Å². The fourth-order valence-electron chi connectivity index (χ4n) is 2.46. The first-order valence-electron chi connectivity index (χ1n) is 8.51. The highest BCUT2D eigenvalue weighted by atomic mass is 15.2. The molecule has 0 aromatic rings. The van der Waals surface area contributed by atoms with Crippen LogP contribution in [0.5, 0.6) is 0 Å². The topological polar surface area (TPSA) is 27.3 Å². The number of rotatable bonds is 11. The minimum absolute atomic E-state index is 0.595. The minimum atomic E-state index is 0.595. The van der Waals surface area contributed by atoms with E-state index in [-0.39, 0.29) is 0 Å². The molecule has 0 amide bonds. The zero-order valence-electron chi connectivity index (χ0n) is 15.8. The summed E-state index contributed by atoms with van der Waals surface area (Å²) in [4.78, 5) is 2.34. The van der Waals surface area contributed by atoms with Gasteiger partial charge in [0.1, 0.15) is 0 Å². The molecule has 3 nitrogen and oxygen atoms in total. The highest BCUT2D eigenvalue weighted by molar-refractivity contribution is 5.32. The predicted octanol–water partition coefficient (Wildman–Crippen LogP) is 4.47. The summed E-state index contributed by atoms with van der Waals surface area (Å²) in [6.07, 6.45) is 2.13. The molecule has 0 unspecified atom stereocenters. The summed E-state index contributed by atoms with van der Waals surface area (Å²) in [5.74, 6) is 1.26. The molecule has 128 valence electrons. The molecule has 0 rings (SSSR count). The smallest absolute Gasteiger partial charge is 0.0827 e. The van der Waals surface area contributed by atoms with Gasteiger partial charge >= 0.3 is 0 Å². The van der Waals surface area contributed by atoms with Gasteiger partial charge < -0.3 is 15.5 Å². The molecule has 0 spiro atoms. The third-order valence-corrected chi connectivity index (χ3v) is 3.61.